The molecule has 1 rings (SSSR count). The number of nitrogens with one attached hydrogen (secondary N) is 2. The van der Waals surface area contributed by atoms with Crippen molar-refractivity contribution < 1.29 is 18.3 Å². The van der Waals surface area contributed by atoms with E-state index in [0.717, 1.165) is 6.08 Å². The molecule has 0 aromatic rings. The molecular weight excluding hydrogens is 173 g/mol. The Morgan fingerprint density at radius 1 is 1.50 bits per heavy atom. The second kappa shape index (κ2) is 3.06. The summed E-state index contributed by atoms with van der Waals surface area (Å²) in [5, 5.41) is 8.67. The summed E-state index contributed by atoms with van der Waals surface area (Å²) >= 11 is 0. The van der Waals surface area contributed by atoms with Gasteiger partial charge in [-0.25, -0.2) is 0 Å². The summed E-state index contributed by atoms with van der Waals surface area (Å²) in [5.41, 5.74) is 3.98. The first kappa shape index (κ1) is 8.92. The first-order chi connectivity index (χ1) is 5.52. The molecule has 3 nitrogen and oxygen atoms in total. The van der Waals surface area contributed by atoms with Gasteiger partial charge < -0.3 is 10.5 Å². The molecule has 1 aliphatic rings. The molecule has 1 aliphatic heterocycles. The first-order valence-corrected chi connectivity index (χ1v) is 3.06. The van der Waals surface area contributed by atoms with Gasteiger partial charge in [0.2, 0.25) is 0 Å². The maximum Gasteiger partial charge on any atom is 0.420 e. The van der Waals surface area contributed by atoms with E-state index in [9.17, 15) is 13.2 Å². The van der Waals surface area contributed by atoms with Gasteiger partial charge in [0.25, 0.3) is 0 Å². The van der Waals surface area contributed by atoms with Crippen LogP contribution >= 0.6 is 0 Å². The van der Waals surface area contributed by atoms with Crippen molar-refractivity contribution in [3.05, 3.63) is 24.0 Å². The minimum atomic E-state index is -4.65. The van der Waals surface area contributed by atoms with Gasteiger partial charge in [0, 0.05) is 0 Å². The van der Waals surface area contributed by atoms with Crippen LogP contribution < -0.4 is 10.9 Å². The van der Waals surface area contributed by atoms with Crippen LogP contribution in [0.15, 0.2) is 17.8 Å². The maximum absolute atomic E-state index is 11.8. The molecule has 12 heavy (non-hydrogen) atoms. The molecule has 3 N–H and O–H groups in total. The van der Waals surface area contributed by atoms with Crippen LogP contribution in [0.2, 0.25) is 0 Å². The SMILES string of the molecule is OC(C1=CC=[C]NN1)C(F)(F)F. The largest absolute Gasteiger partial charge is 0.420 e. The van der Waals surface area contributed by atoms with Crippen LogP contribution in [0.1, 0.15) is 0 Å². The smallest absolute Gasteiger partial charge is 0.378 e. The number of rotatable bonds is 1. The van der Waals surface area contributed by atoms with E-state index in [1.807, 2.05) is 0 Å². The van der Waals surface area contributed by atoms with Gasteiger partial charge in [0.05, 0.1) is 11.9 Å². The second-order valence-corrected chi connectivity index (χ2v) is 2.13. The predicted molar refractivity (Wildman–Crippen MR) is 34.2 cm³/mol. The molecule has 0 saturated carbocycles. The summed E-state index contributed by atoms with van der Waals surface area (Å²) in [6, 6.07) is 0. The van der Waals surface area contributed by atoms with Gasteiger partial charge in [-0.2, -0.15) is 13.2 Å². The van der Waals surface area contributed by atoms with Crippen LogP contribution in [-0.2, 0) is 0 Å². The van der Waals surface area contributed by atoms with E-state index in [0.29, 0.717) is 0 Å². The number of allylic oxidation sites excluding steroid dienone is 2. The third-order valence-corrected chi connectivity index (χ3v) is 1.23. The lowest BCUT2D eigenvalue weighted by molar-refractivity contribution is -0.193. The number of aliphatic hydroxyl groups is 1. The van der Waals surface area contributed by atoms with Crippen molar-refractivity contribution in [1.29, 1.82) is 0 Å². The molecule has 1 radical (unpaired) electrons. The summed E-state index contributed by atoms with van der Waals surface area (Å²) in [7, 11) is 0. The van der Waals surface area contributed by atoms with Gasteiger partial charge in [0.15, 0.2) is 6.10 Å². The minimum absolute atomic E-state index is 0.346. The lowest BCUT2D eigenvalue weighted by Crippen LogP contribution is -2.41. The zero-order valence-electron chi connectivity index (χ0n) is 5.81. The molecule has 0 fully saturated rings. The summed E-state index contributed by atoms with van der Waals surface area (Å²) < 4.78 is 35.5. The molecule has 0 amide bonds. The molecule has 1 atom stereocenters. The van der Waals surface area contributed by atoms with Crippen molar-refractivity contribution >= 4 is 0 Å². The highest BCUT2D eigenvalue weighted by Gasteiger charge is 2.41. The molecule has 67 valence electrons. The average molecular weight is 179 g/mol. The number of hydrazine groups is 1. The lowest BCUT2D eigenvalue weighted by Gasteiger charge is -2.20. The molecule has 0 saturated heterocycles. The quantitative estimate of drug-likeness (QED) is 0.539. The summed E-state index contributed by atoms with van der Waals surface area (Å²) in [4.78, 5) is 0. The highest BCUT2D eigenvalue weighted by atomic mass is 19.4. The molecule has 0 aromatic carbocycles. The number of aliphatic hydroxyl groups excluding tert-OH is 1. The van der Waals surface area contributed by atoms with E-state index in [2.05, 4.69) is 17.1 Å². The van der Waals surface area contributed by atoms with Crippen LogP contribution in [0.25, 0.3) is 0 Å². The third-order valence-electron chi connectivity index (χ3n) is 1.23. The third kappa shape index (κ3) is 1.91. The maximum atomic E-state index is 11.8. The second-order valence-electron chi connectivity index (χ2n) is 2.13. The Bertz CT molecular complexity index is 221. The molecule has 0 aromatic heterocycles. The Hall–Kier alpha value is -1.17. The number of alkyl halides is 3. The lowest BCUT2D eigenvalue weighted by atomic mass is 10.2. The molecular formula is C6H6F3N2O. The van der Waals surface area contributed by atoms with Crippen LogP contribution in [0, 0.1) is 6.20 Å². The molecule has 1 heterocycles. The van der Waals surface area contributed by atoms with E-state index >= 15 is 0 Å². The van der Waals surface area contributed by atoms with E-state index in [4.69, 9.17) is 5.11 Å². The Morgan fingerprint density at radius 2 is 2.17 bits per heavy atom. The fourth-order valence-corrected chi connectivity index (χ4v) is 0.659. The number of hydrogen-bond acceptors (Lipinski definition) is 3. The molecule has 6 heteroatoms. The molecule has 0 spiro atoms. The molecule has 0 aliphatic carbocycles. The van der Waals surface area contributed by atoms with E-state index in [1.54, 1.807) is 0 Å². The van der Waals surface area contributed by atoms with Crippen LogP contribution in [-0.4, -0.2) is 17.4 Å². The van der Waals surface area contributed by atoms with E-state index in [-0.39, 0.29) is 5.70 Å². The fraction of sp³-hybridized carbons (Fsp3) is 0.333. The van der Waals surface area contributed by atoms with Gasteiger partial charge in [-0.1, -0.05) is 0 Å². The van der Waals surface area contributed by atoms with Crippen molar-refractivity contribution in [3.8, 4) is 0 Å². The monoisotopic (exact) mass is 179 g/mol. The average Bonchev–Trinajstić information content (AvgIpc) is 2.03. The zero-order chi connectivity index (χ0) is 9.19. The Kier molecular flexibility index (Phi) is 2.27. The van der Waals surface area contributed by atoms with Gasteiger partial charge >= 0.3 is 6.18 Å². The van der Waals surface area contributed by atoms with E-state index in [1.165, 1.54) is 6.08 Å². The van der Waals surface area contributed by atoms with Crippen molar-refractivity contribution in [3.63, 3.8) is 0 Å². The fourth-order valence-electron chi connectivity index (χ4n) is 0.659. The Labute approximate surface area is 66.5 Å². The predicted octanol–water partition coefficient (Wildman–Crippen LogP) is 0.218. The molecule has 1 unspecified atom stereocenters. The van der Waals surface area contributed by atoms with Gasteiger partial charge in [-0.05, 0) is 12.2 Å². The van der Waals surface area contributed by atoms with Crippen molar-refractivity contribution in [2.45, 2.75) is 12.3 Å². The summed E-state index contributed by atoms with van der Waals surface area (Å²) in [6.45, 7) is 0. The van der Waals surface area contributed by atoms with E-state index < -0.39 is 12.3 Å². The summed E-state index contributed by atoms with van der Waals surface area (Å²) in [5.74, 6) is 0. The highest BCUT2D eigenvalue weighted by Crippen LogP contribution is 2.24. The van der Waals surface area contributed by atoms with Crippen LogP contribution in [0.3, 0.4) is 0 Å². The normalized spacial score (nSPS) is 19.2. The topological polar surface area (TPSA) is 44.3 Å². The highest BCUT2D eigenvalue weighted by molar-refractivity contribution is 5.16. The zero-order valence-corrected chi connectivity index (χ0v) is 5.81. The van der Waals surface area contributed by atoms with Crippen LogP contribution in [0.4, 0.5) is 13.2 Å². The van der Waals surface area contributed by atoms with Crippen molar-refractivity contribution in [1.82, 2.24) is 10.9 Å². The van der Waals surface area contributed by atoms with Crippen LogP contribution in [0.5, 0.6) is 0 Å². The Morgan fingerprint density at radius 3 is 2.58 bits per heavy atom. The van der Waals surface area contributed by atoms with Gasteiger partial charge in [-0.15, -0.1) is 0 Å². The molecule has 0 bridgehead atoms. The first-order valence-electron chi connectivity index (χ1n) is 3.06. The van der Waals surface area contributed by atoms with Gasteiger partial charge in [0.1, 0.15) is 0 Å². The van der Waals surface area contributed by atoms with Crippen molar-refractivity contribution in [2.75, 3.05) is 0 Å². The minimum Gasteiger partial charge on any atom is -0.378 e. The summed E-state index contributed by atoms with van der Waals surface area (Å²) in [6.07, 6.45) is -2.42. The van der Waals surface area contributed by atoms with Crippen molar-refractivity contribution in [2.24, 2.45) is 0 Å². The standard InChI is InChI=1S/C6H6F3N2O/c7-6(8,9)5(12)4-2-1-3-10-11-4/h1-2,5,10-12H. The number of halogens is 3. The number of hydrogen-bond donors (Lipinski definition) is 3. The van der Waals surface area contributed by atoms with Gasteiger partial charge in [-0.3, -0.25) is 5.43 Å². The Balaban J connectivity index is 2.69.